The van der Waals surface area contributed by atoms with E-state index in [1.165, 1.54) is 57.3 Å². The van der Waals surface area contributed by atoms with Gasteiger partial charge in [-0.3, -0.25) is 0 Å². The number of hydrogen-bond donors (Lipinski definition) is 2. The van der Waals surface area contributed by atoms with Gasteiger partial charge in [0.15, 0.2) is 0 Å². The second kappa shape index (κ2) is 6.53. The average Bonchev–Trinajstić information content (AvgIpc) is 3.25. The van der Waals surface area contributed by atoms with Crippen LogP contribution >= 0.6 is 0 Å². The lowest BCUT2D eigenvalue weighted by atomic mass is 9.93. The Bertz CT molecular complexity index is 370. The molecule has 0 aromatic heterocycles. The fourth-order valence-electron chi connectivity index (χ4n) is 3.34. The predicted octanol–water partition coefficient (Wildman–Crippen LogP) is 2.91. The van der Waals surface area contributed by atoms with Gasteiger partial charge in [0, 0.05) is 12.0 Å². The van der Waals surface area contributed by atoms with Crippen molar-refractivity contribution < 1.29 is 0 Å². The van der Waals surface area contributed by atoms with Crippen molar-refractivity contribution in [3.05, 3.63) is 35.9 Å². The highest BCUT2D eigenvalue weighted by Gasteiger charge is 2.37. The van der Waals surface area contributed by atoms with Crippen LogP contribution in [0.3, 0.4) is 0 Å². The summed E-state index contributed by atoms with van der Waals surface area (Å²) in [4.78, 5) is 0. The van der Waals surface area contributed by atoms with Gasteiger partial charge in [-0.25, -0.2) is 0 Å². The summed E-state index contributed by atoms with van der Waals surface area (Å²) in [6.45, 7) is 3.67. The molecule has 1 heterocycles. The maximum absolute atomic E-state index is 3.73. The molecule has 2 heteroatoms. The zero-order valence-electron chi connectivity index (χ0n) is 11.8. The van der Waals surface area contributed by atoms with Gasteiger partial charge in [0.25, 0.3) is 0 Å². The first kappa shape index (κ1) is 13.1. The van der Waals surface area contributed by atoms with E-state index in [1.807, 2.05) is 0 Å². The molecule has 104 valence electrons. The SMILES string of the molecule is c1ccc(C2CC2NCCCC2CCNCC2)cc1. The molecule has 1 aliphatic carbocycles. The Morgan fingerprint density at radius 2 is 1.89 bits per heavy atom. The Balaban J connectivity index is 1.30. The maximum Gasteiger partial charge on any atom is 0.0143 e. The van der Waals surface area contributed by atoms with Crippen LogP contribution in [0.4, 0.5) is 0 Å². The average molecular weight is 258 g/mol. The molecular weight excluding hydrogens is 232 g/mol. The second-order valence-electron chi connectivity index (χ2n) is 6.15. The van der Waals surface area contributed by atoms with Crippen LogP contribution in [0.5, 0.6) is 0 Å². The van der Waals surface area contributed by atoms with Gasteiger partial charge in [-0.1, -0.05) is 30.3 Å². The smallest absolute Gasteiger partial charge is 0.0143 e. The van der Waals surface area contributed by atoms with E-state index in [0.29, 0.717) is 0 Å². The van der Waals surface area contributed by atoms with Crippen molar-refractivity contribution in [1.82, 2.24) is 10.6 Å². The van der Waals surface area contributed by atoms with E-state index >= 15 is 0 Å². The molecule has 3 rings (SSSR count). The Labute approximate surface area is 117 Å². The lowest BCUT2D eigenvalue weighted by Crippen LogP contribution is -2.28. The molecule has 2 fully saturated rings. The molecule has 1 saturated heterocycles. The van der Waals surface area contributed by atoms with Gasteiger partial charge in [-0.15, -0.1) is 0 Å². The molecule has 1 aromatic rings. The van der Waals surface area contributed by atoms with Gasteiger partial charge in [-0.2, -0.15) is 0 Å². The fraction of sp³-hybridized carbons (Fsp3) is 0.647. The van der Waals surface area contributed by atoms with Crippen molar-refractivity contribution >= 4 is 0 Å². The number of piperidine rings is 1. The summed E-state index contributed by atoms with van der Waals surface area (Å²) < 4.78 is 0. The van der Waals surface area contributed by atoms with E-state index in [9.17, 15) is 0 Å². The molecule has 2 atom stereocenters. The van der Waals surface area contributed by atoms with Gasteiger partial charge in [0.1, 0.15) is 0 Å². The summed E-state index contributed by atoms with van der Waals surface area (Å²) in [7, 11) is 0. The van der Waals surface area contributed by atoms with Gasteiger partial charge in [0.05, 0.1) is 0 Å². The first-order chi connectivity index (χ1) is 9.43. The molecule has 1 aromatic carbocycles. The van der Waals surface area contributed by atoms with Crippen LogP contribution in [0.15, 0.2) is 30.3 Å². The van der Waals surface area contributed by atoms with E-state index in [2.05, 4.69) is 41.0 Å². The Morgan fingerprint density at radius 1 is 1.11 bits per heavy atom. The second-order valence-corrected chi connectivity index (χ2v) is 6.15. The maximum atomic E-state index is 3.73. The molecule has 1 aliphatic heterocycles. The topological polar surface area (TPSA) is 24.1 Å². The van der Waals surface area contributed by atoms with Gasteiger partial charge >= 0.3 is 0 Å². The number of rotatable bonds is 6. The molecule has 2 nitrogen and oxygen atoms in total. The summed E-state index contributed by atoms with van der Waals surface area (Å²) in [5.74, 6) is 1.76. The van der Waals surface area contributed by atoms with E-state index in [-0.39, 0.29) is 0 Å². The summed E-state index contributed by atoms with van der Waals surface area (Å²) >= 11 is 0. The number of nitrogens with one attached hydrogen (secondary N) is 2. The van der Waals surface area contributed by atoms with Crippen LogP contribution < -0.4 is 10.6 Å². The quantitative estimate of drug-likeness (QED) is 0.767. The summed E-state index contributed by atoms with van der Waals surface area (Å²) in [5.41, 5.74) is 1.51. The molecule has 0 spiro atoms. The minimum absolute atomic E-state index is 0.746. The molecule has 2 N–H and O–H groups in total. The third-order valence-electron chi connectivity index (χ3n) is 4.67. The zero-order chi connectivity index (χ0) is 12.9. The van der Waals surface area contributed by atoms with Gasteiger partial charge < -0.3 is 10.6 Å². The molecule has 1 saturated carbocycles. The highest BCUT2D eigenvalue weighted by Crippen LogP contribution is 2.40. The van der Waals surface area contributed by atoms with E-state index in [0.717, 1.165) is 17.9 Å². The van der Waals surface area contributed by atoms with Gasteiger partial charge in [0.2, 0.25) is 0 Å². The number of benzene rings is 1. The molecular formula is C17H26N2. The van der Waals surface area contributed by atoms with Crippen molar-refractivity contribution in [2.45, 2.75) is 44.1 Å². The minimum Gasteiger partial charge on any atom is -0.317 e. The van der Waals surface area contributed by atoms with Crippen molar-refractivity contribution in [2.24, 2.45) is 5.92 Å². The van der Waals surface area contributed by atoms with Crippen LogP contribution in [-0.2, 0) is 0 Å². The normalized spacial score (nSPS) is 27.4. The minimum atomic E-state index is 0.746. The van der Waals surface area contributed by atoms with Crippen LogP contribution in [-0.4, -0.2) is 25.7 Å². The molecule has 0 bridgehead atoms. The lowest BCUT2D eigenvalue weighted by Gasteiger charge is -2.22. The van der Waals surface area contributed by atoms with Crippen molar-refractivity contribution in [3.8, 4) is 0 Å². The van der Waals surface area contributed by atoms with Crippen LogP contribution in [0, 0.1) is 5.92 Å². The molecule has 2 unspecified atom stereocenters. The summed E-state index contributed by atoms with van der Waals surface area (Å²) in [6, 6.07) is 11.7. The van der Waals surface area contributed by atoms with Crippen LogP contribution in [0.2, 0.25) is 0 Å². The highest BCUT2D eigenvalue weighted by molar-refractivity contribution is 5.27. The number of hydrogen-bond acceptors (Lipinski definition) is 2. The molecule has 0 amide bonds. The molecule has 19 heavy (non-hydrogen) atoms. The van der Waals surface area contributed by atoms with Crippen molar-refractivity contribution in [1.29, 1.82) is 0 Å². The molecule has 0 radical (unpaired) electrons. The van der Waals surface area contributed by atoms with Crippen molar-refractivity contribution in [2.75, 3.05) is 19.6 Å². The first-order valence-corrected chi connectivity index (χ1v) is 7.92. The van der Waals surface area contributed by atoms with Crippen LogP contribution in [0.25, 0.3) is 0 Å². The van der Waals surface area contributed by atoms with Crippen molar-refractivity contribution in [3.63, 3.8) is 0 Å². The van der Waals surface area contributed by atoms with Gasteiger partial charge in [-0.05, 0) is 63.2 Å². The van der Waals surface area contributed by atoms with E-state index in [4.69, 9.17) is 0 Å². The largest absolute Gasteiger partial charge is 0.317 e. The zero-order valence-corrected chi connectivity index (χ0v) is 11.8. The molecule has 2 aliphatic rings. The Hall–Kier alpha value is -0.860. The summed E-state index contributed by atoms with van der Waals surface area (Å²) in [5, 5.41) is 7.17. The van der Waals surface area contributed by atoms with E-state index < -0.39 is 0 Å². The summed E-state index contributed by atoms with van der Waals surface area (Å²) in [6.07, 6.45) is 6.86. The third kappa shape index (κ3) is 3.80. The van der Waals surface area contributed by atoms with E-state index in [1.54, 1.807) is 0 Å². The highest BCUT2D eigenvalue weighted by atomic mass is 15.0. The van der Waals surface area contributed by atoms with Crippen LogP contribution in [0.1, 0.15) is 43.6 Å². The first-order valence-electron chi connectivity index (χ1n) is 7.92. The third-order valence-corrected chi connectivity index (χ3v) is 4.67. The Morgan fingerprint density at radius 3 is 2.68 bits per heavy atom. The predicted molar refractivity (Wildman–Crippen MR) is 80.4 cm³/mol. The Kier molecular flexibility index (Phi) is 4.52. The fourth-order valence-corrected chi connectivity index (χ4v) is 3.34. The monoisotopic (exact) mass is 258 g/mol. The lowest BCUT2D eigenvalue weighted by molar-refractivity contribution is 0.344. The standard InChI is InChI=1S/C17H26N2/c1-2-6-15(7-3-1)16-13-17(16)19-10-4-5-14-8-11-18-12-9-14/h1-3,6-7,14,16-19H,4-5,8-13H2.